The van der Waals surface area contributed by atoms with Gasteiger partial charge in [-0.05, 0) is 6.92 Å². The molecule has 0 bridgehead atoms. The van der Waals surface area contributed by atoms with Gasteiger partial charge in [0, 0.05) is 12.3 Å². The van der Waals surface area contributed by atoms with Crippen molar-refractivity contribution in [3.8, 4) is 0 Å². The summed E-state index contributed by atoms with van der Waals surface area (Å²) in [5, 5.41) is 2.44. The molecule has 0 saturated carbocycles. The minimum atomic E-state index is -3.11. The number of rotatable bonds is 4. The number of hydrogen-bond acceptors (Lipinski definition) is 4. The van der Waals surface area contributed by atoms with Gasteiger partial charge in [0.25, 0.3) is 0 Å². The Morgan fingerprint density at radius 1 is 1.44 bits per heavy atom. The van der Waals surface area contributed by atoms with Crippen molar-refractivity contribution < 1.29 is 18.0 Å². The number of amides is 2. The smallest absolute Gasteiger partial charge is 0.242 e. The monoisotopic (exact) mass is 248 g/mol. The summed E-state index contributed by atoms with van der Waals surface area (Å²) >= 11 is 0. The number of piperazine rings is 1. The minimum absolute atomic E-state index is 0.0463. The zero-order valence-electron chi connectivity index (χ0n) is 9.39. The van der Waals surface area contributed by atoms with E-state index in [4.69, 9.17) is 0 Å². The lowest BCUT2D eigenvalue weighted by molar-refractivity contribution is -0.144. The van der Waals surface area contributed by atoms with Crippen LogP contribution in [0.15, 0.2) is 0 Å². The van der Waals surface area contributed by atoms with Crippen LogP contribution in [0.5, 0.6) is 0 Å². The van der Waals surface area contributed by atoms with Crippen LogP contribution in [0.3, 0.4) is 0 Å². The Morgan fingerprint density at radius 3 is 2.62 bits per heavy atom. The lowest BCUT2D eigenvalue weighted by atomic mass is 10.2. The zero-order chi connectivity index (χ0) is 12.3. The van der Waals surface area contributed by atoms with Crippen LogP contribution in [0, 0.1) is 0 Å². The molecule has 92 valence electrons. The molecule has 1 saturated heterocycles. The van der Waals surface area contributed by atoms with Crippen molar-refractivity contribution in [2.75, 3.05) is 24.6 Å². The first-order valence-electron chi connectivity index (χ1n) is 5.15. The molecule has 1 rings (SSSR count). The van der Waals surface area contributed by atoms with Crippen LogP contribution < -0.4 is 5.32 Å². The third-order valence-electron chi connectivity index (χ3n) is 2.66. The molecular formula is C9H16N2O4S. The highest BCUT2D eigenvalue weighted by Gasteiger charge is 2.31. The number of carbonyl (C=O) groups excluding carboxylic acids is 2. The maximum absolute atomic E-state index is 11.5. The molecule has 0 aromatic carbocycles. The van der Waals surface area contributed by atoms with Crippen molar-refractivity contribution in [3.63, 3.8) is 0 Å². The largest absolute Gasteiger partial charge is 0.345 e. The quantitative estimate of drug-likeness (QED) is 0.675. The number of hydrogen-bond donors (Lipinski definition) is 1. The summed E-state index contributed by atoms with van der Waals surface area (Å²) < 4.78 is 22.6. The second kappa shape index (κ2) is 4.82. The molecule has 1 aliphatic rings. The van der Waals surface area contributed by atoms with Gasteiger partial charge in [0.1, 0.15) is 6.04 Å². The second-order valence-corrected chi connectivity index (χ2v) is 6.19. The van der Waals surface area contributed by atoms with Crippen molar-refractivity contribution >= 4 is 21.7 Å². The Hall–Kier alpha value is -1.11. The molecule has 1 N–H and O–H groups in total. The molecule has 6 nitrogen and oxygen atoms in total. The zero-order valence-corrected chi connectivity index (χ0v) is 10.2. The predicted molar refractivity (Wildman–Crippen MR) is 58.5 cm³/mol. The van der Waals surface area contributed by atoms with Gasteiger partial charge < -0.3 is 10.2 Å². The van der Waals surface area contributed by atoms with Gasteiger partial charge in [-0.3, -0.25) is 9.59 Å². The van der Waals surface area contributed by atoms with E-state index in [0.717, 1.165) is 0 Å². The number of sulfone groups is 1. The molecule has 0 aromatic heterocycles. The molecule has 1 fully saturated rings. The number of nitrogens with zero attached hydrogens (tertiary/aromatic N) is 1. The summed E-state index contributed by atoms with van der Waals surface area (Å²) in [6, 6.07) is -0.590. The standard InChI is InChI=1S/C9H16N2O4S/c1-3-16(14,15)5-4-11-7(2)9(13)10-6-8(11)12/h7H,3-6H2,1-2H3,(H,10,13). The first kappa shape index (κ1) is 13.0. The van der Waals surface area contributed by atoms with Crippen molar-refractivity contribution in [1.29, 1.82) is 0 Å². The maximum atomic E-state index is 11.5. The van der Waals surface area contributed by atoms with E-state index in [1.807, 2.05) is 0 Å². The molecule has 7 heteroatoms. The minimum Gasteiger partial charge on any atom is -0.345 e. The molecule has 1 aliphatic heterocycles. The molecule has 2 amide bonds. The van der Waals surface area contributed by atoms with Crippen LogP contribution in [0.2, 0.25) is 0 Å². The third-order valence-corrected chi connectivity index (χ3v) is 4.35. The highest BCUT2D eigenvalue weighted by molar-refractivity contribution is 7.91. The second-order valence-electron chi connectivity index (χ2n) is 3.72. The van der Waals surface area contributed by atoms with E-state index in [1.54, 1.807) is 13.8 Å². The van der Waals surface area contributed by atoms with E-state index >= 15 is 0 Å². The van der Waals surface area contributed by atoms with E-state index in [9.17, 15) is 18.0 Å². The molecule has 1 heterocycles. The molecule has 0 aliphatic carbocycles. The van der Waals surface area contributed by atoms with Gasteiger partial charge in [0.2, 0.25) is 11.8 Å². The Morgan fingerprint density at radius 2 is 2.06 bits per heavy atom. The third kappa shape index (κ3) is 2.94. The molecular weight excluding hydrogens is 232 g/mol. The normalized spacial score (nSPS) is 22.1. The lowest BCUT2D eigenvalue weighted by Gasteiger charge is -2.32. The molecule has 0 spiro atoms. The molecule has 1 atom stereocenters. The van der Waals surface area contributed by atoms with Crippen molar-refractivity contribution in [1.82, 2.24) is 10.2 Å². The average molecular weight is 248 g/mol. The Balaban J connectivity index is 2.64. The molecule has 1 unspecified atom stereocenters. The van der Waals surface area contributed by atoms with Crippen LogP contribution in [0.4, 0.5) is 0 Å². The molecule has 0 aromatic rings. The fourth-order valence-corrected chi connectivity index (χ4v) is 2.23. The van der Waals surface area contributed by atoms with Crippen molar-refractivity contribution in [2.45, 2.75) is 19.9 Å². The van der Waals surface area contributed by atoms with Crippen LogP contribution in [-0.4, -0.2) is 55.8 Å². The van der Waals surface area contributed by atoms with Crippen LogP contribution in [0.1, 0.15) is 13.8 Å². The van der Waals surface area contributed by atoms with Crippen molar-refractivity contribution in [2.24, 2.45) is 0 Å². The Bertz CT molecular complexity index is 390. The van der Waals surface area contributed by atoms with Gasteiger partial charge in [0.05, 0.1) is 12.3 Å². The predicted octanol–water partition coefficient (Wildman–Crippen LogP) is -1.23. The highest BCUT2D eigenvalue weighted by Crippen LogP contribution is 2.05. The Labute approximate surface area is 94.9 Å². The summed E-state index contributed by atoms with van der Waals surface area (Å²) in [5.41, 5.74) is 0. The first-order valence-corrected chi connectivity index (χ1v) is 6.97. The van der Waals surface area contributed by atoms with Gasteiger partial charge in [0.15, 0.2) is 9.84 Å². The van der Waals surface area contributed by atoms with Gasteiger partial charge in [-0.2, -0.15) is 0 Å². The summed E-state index contributed by atoms with van der Waals surface area (Å²) in [6.07, 6.45) is 0. The number of nitrogens with one attached hydrogen (secondary N) is 1. The van der Waals surface area contributed by atoms with Crippen LogP contribution in [-0.2, 0) is 19.4 Å². The van der Waals surface area contributed by atoms with Crippen LogP contribution >= 0.6 is 0 Å². The van der Waals surface area contributed by atoms with Gasteiger partial charge >= 0.3 is 0 Å². The van der Waals surface area contributed by atoms with Gasteiger partial charge in [-0.15, -0.1) is 0 Å². The Kier molecular flexibility index (Phi) is 3.90. The summed E-state index contributed by atoms with van der Waals surface area (Å²) in [6.45, 7) is 3.19. The van der Waals surface area contributed by atoms with E-state index in [-0.39, 0.29) is 36.4 Å². The highest BCUT2D eigenvalue weighted by atomic mass is 32.2. The van der Waals surface area contributed by atoms with Crippen molar-refractivity contribution in [3.05, 3.63) is 0 Å². The SMILES string of the molecule is CCS(=O)(=O)CCN1C(=O)CNC(=O)C1C. The van der Waals surface area contributed by atoms with E-state index in [0.29, 0.717) is 0 Å². The summed E-state index contributed by atoms with van der Waals surface area (Å²) in [4.78, 5) is 24.1. The topological polar surface area (TPSA) is 83.6 Å². The fraction of sp³-hybridized carbons (Fsp3) is 0.778. The van der Waals surface area contributed by atoms with E-state index < -0.39 is 15.9 Å². The first-order chi connectivity index (χ1) is 7.37. The van der Waals surface area contributed by atoms with Gasteiger partial charge in [-0.1, -0.05) is 6.92 Å². The average Bonchev–Trinajstić information content (AvgIpc) is 2.24. The number of carbonyl (C=O) groups is 2. The lowest BCUT2D eigenvalue weighted by Crippen LogP contribution is -2.58. The van der Waals surface area contributed by atoms with Gasteiger partial charge in [-0.25, -0.2) is 8.42 Å². The summed E-state index contributed by atoms with van der Waals surface area (Å²) in [5.74, 6) is -0.519. The molecule has 0 radical (unpaired) electrons. The summed E-state index contributed by atoms with van der Waals surface area (Å²) in [7, 11) is -3.11. The molecule has 16 heavy (non-hydrogen) atoms. The van der Waals surface area contributed by atoms with Crippen LogP contribution in [0.25, 0.3) is 0 Å². The van der Waals surface area contributed by atoms with E-state index in [1.165, 1.54) is 4.90 Å². The fourth-order valence-electron chi connectivity index (χ4n) is 1.47. The maximum Gasteiger partial charge on any atom is 0.242 e. The van der Waals surface area contributed by atoms with E-state index in [2.05, 4.69) is 5.32 Å².